The second kappa shape index (κ2) is 35.5. The number of ether oxygens (including phenoxy) is 2. The summed E-state index contributed by atoms with van der Waals surface area (Å²) in [4.78, 5) is 22.8. The van der Waals surface area contributed by atoms with Crippen molar-refractivity contribution < 1.29 is 37.3 Å². The highest BCUT2D eigenvalue weighted by atomic mass is 31.2. The molecule has 0 aromatic carbocycles. The van der Waals surface area contributed by atoms with Crippen molar-refractivity contribution in [1.29, 1.82) is 0 Å². The lowest BCUT2D eigenvalue weighted by Crippen LogP contribution is -2.37. The lowest BCUT2D eigenvalue weighted by molar-refractivity contribution is -0.870. The number of phosphoric acid groups is 1. The van der Waals surface area contributed by atoms with Gasteiger partial charge in [-0.1, -0.05) is 181 Å². The van der Waals surface area contributed by atoms with Crippen LogP contribution in [0.1, 0.15) is 200 Å². The smallest absolute Gasteiger partial charge is 0.457 e. The molecule has 0 saturated carbocycles. The number of carbonyl (C=O) groups is 1. The van der Waals surface area contributed by atoms with Crippen LogP contribution in [0.25, 0.3) is 0 Å². The molecule has 8 nitrogen and oxygen atoms in total. The van der Waals surface area contributed by atoms with Gasteiger partial charge in [-0.25, -0.2) is 4.57 Å². The normalized spacial score (nSPS) is 13.8. The summed E-state index contributed by atoms with van der Waals surface area (Å²) < 4.78 is 34.9. The number of phosphoric ester groups is 1. The number of nitrogens with zero attached hydrogens (tertiary/aromatic N) is 1. The minimum absolute atomic E-state index is 0.0936. The van der Waals surface area contributed by atoms with Gasteiger partial charge in [0.1, 0.15) is 19.3 Å². The molecule has 0 saturated heterocycles. The summed E-state index contributed by atoms with van der Waals surface area (Å²) in [7, 11) is 1.68. The maximum atomic E-state index is 12.6. The summed E-state index contributed by atoms with van der Waals surface area (Å²) in [6, 6.07) is 0. The minimum Gasteiger partial charge on any atom is -0.457 e. The Kier molecular flexibility index (Phi) is 35.2. The fraction of sp³-hybridized carbons (Fsp3) is 0.976. The Morgan fingerprint density at radius 1 is 0.540 bits per heavy atom. The molecule has 0 rings (SSSR count). The Morgan fingerprint density at radius 3 is 1.32 bits per heavy atom. The molecule has 9 heteroatoms. The van der Waals surface area contributed by atoms with Crippen LogP contribution in [0, 0.1) is 0 Å². The third kappa shape index (κ3) is 38.7. The first-order chi connectivity index (χ1) is 24.1. The lowest BCUT2D eigenvalue weighted by Gasteiger charge is -2.24. The highest BCUT2D eigenvalue weighted by molar-refractivity contribution is 7.47. The van der Waals surface area contributed by atoms with Crippen LogP contribution >= 0.6 is 7.82 Å². The zero-order chi connectivity index (χ0) is 37.0. The number of likely N-dealkylation sites (N-methyl/N-ethyl adjacent to an activating group) is 1. The third-order valence-corrected chi connectivity index (χ3v) is 10.4. The van der Waals surface area contributed by atoms with Crippen LogP contribution in [-0.2, 0) is 27.9 Å². The van der Waals surface area contributed by atoms with Gasteiger partial charge in [0, 0.05) is 13.0 Å². The molecule has 0 aliphatic carbocycles. The first-order valence-corrected chi connectivity index (χ1v) is 22.8. The van der Waals surface area contributed by atoms with E-state index in [1.165, 1.54) is 148 Å². The van der Waals surface area contributed by atoms with Crippen molar-refractivity contribution in [3.8, 4) is 0 Å². The van der Waals surface area contributed by atoms with E-state index in [4.69, 9.17) is 18.5 Å². The van der Waals surface area contributed by atoms with Gasteiger partial charge in [-0.2, -0.15) is 0 Å². The molecule has 0 aliphatic rings. The number of quaternary nitrogens is 1. The molecule has 300 valence electrons. The van der Waals surface area contributed by atoms with E-state index in [0.717, 1.165) is 32.1 Å². The van der Waals surface area contributed by atoms with Crippen molar-refractivity contribution >= 4 is 13.8 Å². The van der Waals surface area contributed by atoms with Crippen molar-refractivity contribution in [3.05, 3.63) is 0 Å². The van der Waals surface area contributed by atoms with E-state index < -0.39 is 13.9 Å². The quantitative estimate of drug-likeness (QED) is 0.0290. The molecule has 0 bridgehead atoms. The Labute approximate surface area is 310 Å². The van der Waals surface area contributed by atoms with Gasteiger partial charge < -0.3 is 18.9 Å². The summed E-state index contributed by atoms with van der Waals surface area (Å²) in [5.41, 5.74) is 0. The molecule has 0 fully saturated rings. The zero-order valence-electron chi connectivity index (χ0n) is 33.9. The second-order valence-electron chi connectivity index (χ2n) is 15.7. The monoisotopic (exact) mass is 735 g/mol. The largest absolute Gasteiger partial charge is 0.472 e. The highest BCUT2D eigenvalue weighted by Crippen LogP contribution is 2.43. The van der Waals surface area contributed by atoms with E-state index in [1.54, 1.807) is 0 Å². The molecule has 50 heavy (non-hydrogen) atoms. The molecule has 0 aliphatic heterocycles. The number of carbonyl (C=O) groups excluding carboxylic acids is 1. The predicted molar refractivity (Wildman–Crippen MR) is 211 cm³/mol. The fourth-order valence-corrected chi connectivity index (χ4v) is 6.82. The molecule has 1 N–H and O–H groups in total. The van der Waals surface area contributed by atoms with Gasteiger partial charge in [0.2, 0.25) is 0 Å². The van der Waals surface area contributed by atoms with Crippen molar-refractivity contribution in [2.75, 3.05) is 54.1 Å². The van der Waals surface area contributed by atoms with Gasteiger partial charge in [0.25, 0.3) is 0 Å². The van der Waals surface area contributed by atoms with Crippen molar-refractivity contribution in [1.82, 2.24) is 0 Å². The molecule has 0 amide bonds. The number of hydrogen-bond donors (Lipinski definition) is 1. The number of unbranched alkanes of at least 4 members (excludes halogenated alkanes) is 26. The van der Waals surface area contributed by atoms with Crippen molar-refractivity contribution in [3.63, 3.8) is 0 Å². The zero-order valence-corrected chi connectivity index (χ0v) is 34.8. The van der Waals surface area contributed by atoms with Crippen LogP contribution in [0.2, 0.25) is 0 Å². The Balaban J connectivity index is 4.13. The van der Waals surface area contributed by atoms with Gasteiger partial charge in [-0.15, -0.1) is 0 Å². The Bertz CT molecular complexity index is 777. The molecule has 2 unspecified atom stereocenters. The summed E-state index contributed by atoms with van der Waals surface area (Å²) in [6.45, 7) is 5.66. The van der Waals surface area contributed by atoms with Crippen LogP contribution in [0.5, 0.6) is 0 Å². The number of esters is 1. The molecule has 0 heterocycles. The molecule has 0 spiro atoms. The van der Waals surface area contributed by atoms with Gasteiger partial charge in [0.15, 0.2) is 0 Å². The Hall–Kier alpha value is -0.500. The maximum absolute atomic E-state index is 12.6. The molecule has 0 aromatic rings. The van der Waals surface area contributed by atoms with Gasteiger partial charge in [-0.3, -0.25) is 13.8 Å². The molecule has 0 radical (unpaired) electrons. The van der Waals surface area contributed by atoms with Gasteiger partial charge >= 0.3 is 13.8 Å². The third-order valence-electron chi connectivity index (χ3n) is 9.42. The van der Waals surface area contributed by atoms with Crippen LogP contribution in [0.4, 0.5) is 0 Å². The maximum Gasteiger partial charge on any atom is 0.472 e. The summed E-state index contributed by atoms with van der Waals surface area (Å²) >= 11 is 0. The van der Waals surface area contributed by atoms with E-state index in [-0.39, 0.29) is 25.8 Å². The van der Waals surface area contributed by atoms with Crippen LogP contribution in [-0.4, -0.2) is 75.6 Å². The van der Waals surface area contributed by atoms with Crippen molar-refractivity contribution in [2.45, 2.75) is 206 Å². The van der Waals surface area contributed by atoms with E-state index >= 15 is 0 Å². The number of rotatable bonds is 40. The molecule has 0 aromatic heterocycles. The van der Waals surface area contributed by atoms with Crippen molar-refractivity contribution in [2.24, 2.45) is 0 Å². The minimum atomic E-state index is -4.26. The average molecular weight is 735 g/mol. The molecular formula is C41H85NO7P+. The Morgan fingerprint density at radius 2 is 0.920 bits per heavy atom. The van der Waals surface area contributed by atoms with Crippen LogP contribution in [0.3, 0.4) is 0 Å². The fourth-order valence-electron chi connectivity index (χ4n) is 6.08. The first-order valence-electron chi connectivity index (χ1n) is 21.3. The van der Waals surface area contributed by atoms with E-state index in [2.05, 4.69) is 13.8 Å². The van der Waals surface area contributed by atoms with E-state index in [9.17, 15) is 14.3 Å². The second-order valence-corrected chi connectivity index (χ2v) is 17.2. The SMILES string of the molecule is CCCCCCCCCCCCCCCCCCCCOCC(COP(=O)(O)OCC[N+](C)(C)C)OC(=O)CCCCCCCCCCCC. The van der Waals surface area contributed by atoms with Gasteiger partial charge in [-0.05, 0) is 12.8 Å². The highest BCUT2D eigenvalue weighted by Gasteiger charge is 2.26. The summed E-state index contributed by atoms with van der Waals surface area (Å²) in [6.07, 6.45) is 35.6. The van der Waals surface area contributed by atoms with Crippen LogP contribution < -0.4 is 0 Å². The van der Waals surface area contributed by atoms with E-state index in [1.807, 2.05) is 21.1 Å². The molecular weight excluding hydrogens is 649 g/mol. The van der Waals surface area contributed by atoms with Gasteiger partial charge in [0.05, 0.1) is 34.4 Å². The van der Waals surface area contributed by atoms with Crippen LogP contribution in [0.15, 0.2) is 0 Å². The predicted octanol–water partition coefficient (Wildman–Crippen LogP) is 12.1. The summed E-state index contributed by atoms with van der Waals surface area (Å²) in [5, 5.41) is 0. The topological polar surface area (TPSA) is 91.3 Å². The molecule has 2 atom stereocenters. The standard InChI is InChI=1S/C41H84NO7P/c1-6-8-10-12-14-16-18-19-20-21-22-23-24-25-27-29-31-33-36-46-38-40(39-48-50(44,45)47-37-35-42(3,4)5)49-41(43)34-32-30-28-26-17-15-13-11-9-7-2/h40H,6-39H2,1-5H3/p+1. The lowest BCUT2D eigenvalue weighted by atomic mass is 10.0. The van der Waals surface area contributed by atoms with E-state index in [0.29, 0.717) is 24.1 Å². The number of hydrogen-bond acceptors (Lipinski definition) is 6. The first kappa shape index (κ1) is 49.5. The average Bonchev–Trinajstić information content (AvgIpc) is 3.06. The summed E-state index contributed by atoms with van der Waals surface area (Å²) in [5.74, 6) is -0.311.